The van der Waals surface area contributed by atoms with E-state index in [2.05, 4.69) is 10.6 Å². The highest BCUT2D eigenvalue weighted by molar-refractivity contribution is 5.76. The van der Waals surface area contributed by atoms with E-state index in [9.17, 15) is 15.2 Å². The summed E-state index contributed by atoms with van der Waals surface area (Å²) in [6.45, 7) is 5.11. The van der Waals surface area contributed by atoms with Crippen molar-refractivity contribution >= 4 is 17.1 Å². The zero-order chi connectivity index (χ0) is 15.0. The number of para-hydroxylation sites is 1. The van der Waals surface area contributed by atoms with E-state index in [1.165, 1.54) is 0 Å². The minimum atomic E-state index is -0.378. The predicted molar refractivity (Wildman–Crippen MR) is 81.3 cm³/mol. The van der Waals surface area contributed by atoms with Gasteiger partial charge in [0.2, 0.25) is 0 Å². The summed E-state index contributed by atoms with van der Waals surface area (Å²) in [5.74, 6) is 0. The Morgan fingerprint density at radius 2 is 1.85 bits per heavy atom. The van der Waals surface area contributed by atoms with Gasteiger partial charge in [0.05, 0.1) is 11.0 Å². The number of nitrogens with one attached hydrogen (secondary N) is 2. The van der Waals surface area contributed by atoms with Crippen molar-refractivity contribution in [3.8, 4) is 0 Å². The lowest BCUT2D eigenvalue weighted by Gasteiger charge is -2.12. The zero-order valence-corrected chi connectivity index (χ0v) is 12.1. The van der Waals surface area contributed by atoms with Gasteiger partial charge in [-0.15, -0.1) is 0 Å². The van der Waals surface area contributed by atoms with E-state index in [0.29, 0.717) is 37.3 Å². The first-order valence-electron chi connectivity index (χ1n) is 7.03. The zero-order valence-electron chi connectivity index (χ0n) is 12.1. The van der Waals surface area contributed by atoms with Crippen LogP contribution in [0.5, 0.6) is 0 Å². The molecular formula is C14H23N3O3. The third-order valence-electron chi connectivity index (χ3n) is 3.05. The molecule has 1 unspecified atom stereocenters. The molecule has 1 aromatic carbocycles. The van der Waals surface area contributed by atoms with E-state index in [0.717, 1.165) is 6.42 Å². The highest BCUT2D eigenvalue weighted by atomic mass is 16.6. The van der Waals surface area contributed by atoms with Gasteiger partial charge in [0.1, 0.15) is 11.4 Å². The van der Waals surface area contributed by atoms with E-state index < -0.39 is 0 Å². The van der Waals surface area contributed by atoms with E-state index in [1.54, 1.807) is 18.2 Å². The number of hydrogen-bond acceptors (Lipinski definition) is 5. The van der Waals surface area contributed by atoms with Crippen LogP contribution >= 0.6 is 0 Å². The van der Waals surface area contributed by atoms with Crippen LogP contribution in [0.2, 0.25) is 0 Å². The third kappa shape index (κ3) is 4.70. The van der Waals surface area contributed by atoms with Crippen molar-refractivity contribution < 1.29 is 10.0 Å². The molecule has 112 valence electrons. The minimum absolute atomic E-state index is 0.0620. The highest BCUT2D eigenvalue weighted by Gasteiger charge is 2.19. The van der Waals surface area contributed by atoms with Gasteiger partial charge in [-0.1, -0.05) is 19.9 Å². The molecule has 0 spiro atoms. The number of benzene rings is 1. The molecule has 0 saturated carbocycles. The lowest BCUT2D eigenvalue weighted by Crippen LogP contribution is -2.13. The SMILES string of the molecule is CCCNc1cccc(NCCC(O)CC)c1[N+](=O)[O-]. The van der Waals surface area contributed by atoms with Crippen LogP contribution in [-0.4, -0.2) is 29.2 Å². The van der Waals surface area contributed by atoms with Gasteiger partial charge in [-0.05, 0) is 31.4 Å². The molecule has 0 bridgehead atoms. The molecule has 0 radical (unpaired) electrons. The number of hydrogen-bond donors (Lipinski definition) is 3. The number of nitro benzene ring substituents is 1. The molecule has 1 atom stereocenters. The van der Waals surface area contributed by atoms with Crippen molar-refractivity contribution in [1.82, 2.24) is 0 Å². The van der Waals surface area contributed by atoms with Crippen LogP contribution in [0.15, 0.2) is 18.2 Å². The van der Waals surface area contributed by atoms with Crippen LogP contribution in [0.4, 0.5) is 17.1 Å². The van der Waals surface area contributed by atoms with Crippen LogP contribution in [0.1, 0.15) is 33.1 Å². The number of nitrogens with zero attached hydrogens (tertiary/aromatic N) is 1. The number of anilines is 2. The summed E-state index contributed by atoms with van der Waals surface area (Å²) in [6, 6.07) is 5.18. The largest absolute Gasteiger partial charge is 0.393 e. The van der Waals surface area contributed by atoms with Gasteiger partial charge in [-0.25, -0.2) is 0 Å². The smallest absolute Gasteiger partial charge is 0.315 e. The molecular weight excluding hydrogens is 258 g/mol. The first-order valence-corrected chi connectivity index (χ1v) is 7.03. The van der Waals surface area contributed by atoms with Gasteiger partial charge >= 0.3 is 5.69 Å². The molecule has 1 aromatic rings. The molecule has 0 aliphatic carbocycles. The Hall–Kier alpha value is -1.82. The molecule has 20 heavy (non-hydrogen) atoms. The normalized spacial score (nSPS) is 11.9. The minimum Gasteiger partial charge on any atom is -0.393 e. The van der Waals surface area contributed by atoms with Gasteiger partial charge in [0.15, 0.2) is 0 Å². The third-order valence-corrected chi connectivity index (χ3v) is 3.05. The summed E-state index contributed by atoms with van der Waals surface area (Å²) in [4.78, 5) is 10.9. The fourth-order valence-corrected chi connectivity index (χ4v) is 1.86. The standard InChI is InChI=1S/C14H23N3O3/c1-3-9-15-12-6-5-7-13(14(12)17(19)20)16-10-8-11(18)4-2/h5-7,11,15-16,18H,3-4,8-10H2,1-2H3. The lowest BCUT2D eigenvalue weighted by molar-refractivity contribution is -0.383. The summed E-state index contributed by atoms with van der Waals surface area (Å²) in [5, 5.41) is 26.8. The van der Waals surface area contributed by atoms with Crippen molar-refractivity contribution in [2.24, 2.45) is 0 Å². The molecule has 0 aliphatic heterocycles. The molecule has 0 aromatic heterocycles. The van der Waals surface area contributed by atoms with Crippen LogP contribution in [0.25, 0.3) is 0 Å². The van der Waals surface area contributed by atoms with Crippen LogP contribution in [0, 0.1) is 10.1 Å². The second-order valence-corrected chi connectivity index (χ2v) is 4.66. The molecule has 3 N–H and O–H groups in total. The Kier molecular flexibility index (Phi) is 6.79. The highest BCUT2D eigenvalue weighted by Crippen LogP contribution is 2.32. The number of rotatable bonds is 9. The maximum Gasteiger partial charge on any atom is 0.315 e. The van der Waals surface area contributed by atoms with E-state index in [4.69, 9.17) is 0 Å². The Labute approximate surface area is 119 Å². The van der Waals surface area contributed by atoms with E-state index in [1.807, 2.05) is 13.8 Å². The monoisotopic (exact) mass is 281 g/mol. The Balaban J connectivity index is 2.81. The second kappa shape index (κ2) is 8.37. The van der Waals surface area contributed by atoms with Crippen molar-refractivity contribution in [3.05, 3.63) is 28.3 Å². The Morgan fingerprint density at radius 3 is 2.35 bits per heavy atom. The average molecular weight is 281 g/mol. The van der Waals surface area contributed by atoms with Crippen LogP contribution < -0.4 is 10.6 Å². The molecule has 0 amide bonds. The second-order valence-electron chi connectivity index (χ2n) is 4.66. The van der Waals surface area contributed by atoms with Crippen LogP contribution in [-0.2, 0) is 0 Å². The van der Waals surface area contributed by atoms with Crippen molar-refractivity contribution in [1.29, 1.82) is 0 Å². The Morgan fingerprint density at radius 1 is 1.25 bits per heavy atom. The summed E-state index contributed by atoms with van der Waals surface area (Å²) in [6.07, 6.45) is 1.78. The number of aliphatic hydroxyl groups is 1. The fourth-order valence-electron chi connectivity index (χ4n) is 1.86. The first kappa shape index (κ1) is 16.2. The maximum atomic E-state index is 11.2. The molecule has 0 saturated heterocycles. The number of aliphatic hydroxyl groups excluding tert-OH is 1. The molecule has 1 rings (SSSR count). The summed E-state index contributed by atoms with van der Waals surface area (Å²) >= 11 is 0. The van der Waals surface area contributed by atoms with E-state index >= 15 is 0 Å². The fraction of sp³-hybridized carbons (Fsp3) is 0.571. The maximum absolute atomic E-state index is 11.2. The van der Waals surface area contributed by atoms with Gasteiger partial charge in [0, 0.05) is 13.1 Å². The quantitative estimate of drug-likeness (QED) is 0.478. The topological polar surface area (TPSA) is 87.4 Å². The van der Waals surface area contributed by atoms with Gasteiger partial charge in [-0.2, -0.15) is 0 Å². The number of nitro groups is 1. The van der Waals surface area contributed by atoms with Crippen molar-refractivity contribution in [2.75, 3.05) is 23.7 Å². The van der Waals surface area contributed by atoms with Gasteiger partial charge in [0.25, 0.3) is 0 Å². The molecule has 6 heteroatoms. The van der Waals surface area contributed by atoms with Crippen LogP contribution in [0.3, 0.4) is 0 Å². The average Bonchev–Trinajstić information content (AvgIpc) is 2.44. The predicted octanol–water partition coefficient (Wildman–Crippen LogP) is 2.99. The first-order chi connectivity index (χ1) is 9.60. The van der Waals surface area contributed by atoms with Gasteiger partial charge < -0.3 is 15.7 Å². The summed E-state index contributed by atoms with van der Waals surface area (Å²) in [5.41, 5.74) is 1.07. The summed E-state index contributed by atoms with van der Waals surface area (Å²) in [7, 11) is 0. The molecule has 0 fully saturated rings. The van der Waals surface area contributed by atoms with Crippen molar-refractivity contribution in [2.45, 2.75) is 39.2 Å². The molecule has 0 heterocycles. The Bertz CT molecular complexity index is 438. The molecule has 6 nitrogen and oxygen atoms in total. The lowest BCUT2D eigenvalue weighted by atomic mass is 10.2. The van der Waals surface area contributed by atoms with E-state index in [-0.39, 0.29) is 16.7 Å². The van der Waals surface area contributed by atoms with Gasteiger partial charge in [-0.3, -0.25) is 10.1 Å². The molecule has 0 aliphatic rings. The van der Waals surface area contributed by atoms with Crippen molar-refractivity contribution in [3.63, 3.8) is 0 Å². The summed E-state index contributed by atoms with van der Waals surface area (Å²) < 4.78 is 0.